The topological polar surface area (TPSA) is 50.9 Å². The van der Waals surface area contributed by atoms with Gasteiger partial charge in [0.1, 0.15) is 0 Å². The van der Waals surface area contributed by atoms with Gasteiger partial charge in [0.2, 0.25) is 0 Å². The van der Waals surface area contributed by atoms with Gasteiger partial charge in [0.25, 0.3) is 0 Å². The molecule has 0 aromatic carbocycles. The van der Waals surface area contributed by atoms with Crippen molar-refractivity contribution in [3.05, 3.63) is 23.5 Å². The Morgan fingerprint density at radius 1 is 1.54 bits per heavy atom. The van der Waals surface area contributed by atoms with Gasteiger partial charge in [-0.25, -0.2) is 0 Å². The second-order valence-corrected chi connectivity index (χ2v) is 3.35. The quantitative estimate of drug-likeness (QED) is 0.738. The molecule has 0 aliphatic carbocycles. The fourth-order valence-electron chi connectivity index (χ4n) is 1.12. The summed E-state index contributed by atoms with van der Waals surface area (Å²) in [5.41, 5.74) is 8.92. The number of rotatable bonds is 3. The summed E-state index contributed by atoms with van der Waals surface area (Å²) in [7, 11) is 0. The number of hydrogen-bond acceptors (Lipinski definition) is 3. The van der Waals surface area contributed by atoms with E-state index in [0.717, 1.165) is 11.4 Å². The Balaban J connectivity index is 2.83. The number of nitrogens with zero attached hydrogens (tertiary/aromatic N) is 1. The average molecular weight is 179 g/mol. The van der Waals surface area contributed by atoms with Gasteiger partial charge >= 0.3 is 0 Å². The first-order chi connectivity index (χ1) is 6.15. The lowest BCUT2D eigenvalue weighted by atomic mass is 10.2. The zero-order chi connectivity index (χ0) is 9.84. The van der Waals surface area contributed by atoms with Crippen LogP contribution in [0.15, 0.2) is 12.3 Å². The van der Waals surface area contributed by atoms with Crippen molar-refractivity contribution in [3.8, 4) is 0 Å². The van der Waals surface area contributed by atoms with Crippen LogP contribution in [0.4, 0.5) is 5.69 Å². The van der Waals surface area contributed by atoms with Crippen molar-refractivity contribution in [2.45, 2.75) is 26.8 Å². The van der Waals surface area contributed by atoms with Gasteiger partial charge in [-0.15, -0.1) is 0 Å². The summed E-state index contributed by atoms with van der Waals surface area (Å²) >= 11 is 0. The number of pyridine rings is 1. The van der Waals surface area contributed by atoms with Gasteiger partial charge in [-0.2, -0.15) is 0 Å². The predicted octanol–water partition coefficient (Wildman–Crippen LogP) is 1.46. The summed E-state index contributed by atoms with van der Waals surface area (Å²) < 4.78 is 0. The molecule has 1 aromatic heterocycles. The minimum absolute atomic E-state index is 0.306. The lowest BCUT2D eigenvalue weighted by Gasteiger charge is -2.15. The van der Waals surface area contributed by atoms with Crippen LogP contribution >= 0.6 is 0 Å². The van der Waals surface area contributed by atoms with Crippen molar-refractivity contribution in [2.24, 2.45) is 5.73 Å². The normalized spacial score (nSPS) is 12.6. The van der Waals surface area contributed by atoms with Crippen LogP contribution in [0.5, 0.6) is 0 Å². The van der Waals surface area contributed by atoms with E-state index in [9.17, 15) is 0 Å². The molecular weight excluding hydrogens is 162 g/mol. The minimum Gasteiger partial charge on any atom is -0.381 e. The van der Waals surface area contributed by atoms with E-state index in [4.69, 9.17) is 5.73 Å². The van der Waals surface area contributed by atoms with Crippen molar-refractivity contribution in [2.75, 3.05) is 11.9 Å². The minimum atomic E-state index is 0.306. The van der Waals surface area contributed by atoms with Crippen molar-refractivity contribution in [1.29, 1.82) is 0 Å². The first-order valence-corrected chi connectivity index (χ1v) is 4.54. The number of anilines is 1. The van der Waals surface area contributed by atoms with Crippen LogP contribution in [0, 0.1) is 13.8 Å². The van der Waals surface area contributed by atoms with E-state index in [1.807, 2.05) is 19.2 Å². The van der Waals surface area contributed by atoms with Gasteiger partial charge in [0.05, 0.1) is 0 Å². The third kappa shape index (κ3) is 2.42. The highest BCUT2D eigenvalue weighted by Gasteiger charge is 2.03. The molecule has 3 nitrogen and oxygen atoms in total. The monoisotopic (exact) mass is 179 g/mol. The molecule has 1 aromatic rings. The summed E-state index contributed by atoms with van der Waals surface area (Å²) in [5.74, 6) is 0. The number of nitrogens with one attached hydrogen (secondary N) is 1. The Hall–Kier alpha value is -1.09. The number of aryl methyl sites for hydroxylation is 1. The molecule has 3 N–H and O–H groups in total. The standard InChI is InChI=1S/C10H17N3/c1-7(6-11)13-10-4-5-12-9(3)8(10)2/h4-5,7H,6,11H2,1-3H3,(H,12,13). The molecule has 0 saturated carbocycles. The molecule has 0 aliphatic rings. The maximum atomic E-state index is 5.53. The average Bonchev–Trinajstić information content (AvgIpc) is 2.13. The zero-order valence-corrected chi connectivity index (χ0v) is 8.46. The molecule has 0 amide bonds. The van der Waals surface area contributed by atoms with Gasteiger partial charge in [0.15, 0.2) is 0 Å². The zero-order valence-electron chi connectivity index (χ0n) is 8.46. The van der Waals surface area contributed by atoms with E-state index in [1.165, 1.54) is 5.56 Å². The van der Waals surface area contributed by atoms with E-state index in [1.54, 1.807) is 0 Å². The molecule has 0 bridgehead atoms. The Morgan fingerprint density at radius 3 is 2.85 bits per heavy atom. The SMILES string of the molecule is Cc1nccc(NC(C)CN)c1C. The lowest BCUT2D eigenvalue weighted by molar-refractivity contribution is 0.802. The fourth-order valence-corrected chi connectivity index (χ4v) is 1.12. The number of hydrogen-bond donors (Lipinski definition) is 2. The summed E-state index contributed by atoms with van der Waals surface area (Å²) in [4.78, 5) is 4.20. The molecule has 0 radical (unpaired) electrons. The molecule has 13 heavy (non-hydrogen) atoms. The van der Waals surface area contributed by atoms with Crippen molar-refractivity contribution in [3.63, 3.8) is 0 Å². The second-order valence-electron chi connectivity index (χ2n) is 3.35. The summed E-state index contributed by atoms with van der Waals surface area (Å²) in [6, 6.07) is 2.29. The van der Waals surface area contributed by atoms with Crippen molar-refractivity contribution >= 4 is 5.69 Å². The van der Waals surface area contributed by atoms with Gasteiger partial charge in [-0.3, -0.25) is 4.98 Å². The molecule has 0 saturated heterocycles. The number of nitrogens with two attached hydrogens (primary N) is 1. The summed E-state index contributed by atoms with van der Waals surface area (Å²) in [5, 5.41) is 3.34. The molecule has 1 unspecified atom stereocenters. The Bertz CT molecular complexity index is 283. The first-order valence-electron chi connectivity index (χ1n) is 4.54. The molecule has 0 spiro atoms. The molecule has 72 valence electrons. The maximum Gasteiger partial charge on any atom is 0.0422 e. The van der Waals surface area contributed by atoms with Crippen LogP contribution < -0.4 is 11.1 Å². The first kappa shape index (κ1) is 9.99. The van der Waals surface area contributed by atoms with E-state index in [0.29, 0.717) is 12.6 Å². The maximum absolute atomic E-state index is 5.53. The highest BCUT2D eigenvalue weighted by Crippen LogP contribution is 2.16. The third-order valence-corrected chi connectivity index (χ3v) is 2.21. The molecule has 0 fully saturated rings. The Morgan fingerprint density at radius 2 is 2.23 bits per heavy atom. The highest BCUT2D eigenvalue weighted by molar-refractivity contribution is 5.51. The van der Waals surface area contributed by atoms with E-state index in [-0.39, 0.29) is 0 Å². The van der Waals surface area contributed by atoms with Gasteiger partial charge < -0.3 is 11.1 Å². The molecule has 0 aliphatic heterocycles. The van der Waals surface area contributed by atoms with Gasteiger partial charge in [-0.1, -0.05) is 0 Å². The third-order valence-electron chi connectivity index (χ3n) is 2.21. The largest absolute Gasteiger partial charge is 0.381 e. The predicted molar refractivity (Wildman–Crippen MR) is 55.9 cm³/mol. The molecule has 3 heteroatoms. The fraction of sp³-hybridized carbons (Fsp3) is 0.500. The smallest absolute Gasteiger partial charge is 0.0422 e. The summed E-state index contributed by atoms with van der Waals surface area (Å²) in [6.07, 6.45) is 1.81. The Labute approximate surface area is 79.4 Å². The highest BCUT2D eigenvalue weighted by atomic mass is 14.9. The van der Waals surface area contributed by atoms with Crippen LogP contribution in [0.3, 0.4) is 0 Å². The molecule has 1 rings (SSSR count). The van der Waals surface area contributed by atoms with Crippen LogP contribution in [0.25, 0.3) is 0 Å². The summed E-state index contributed by atoms with van der Waals surface area (Å²) in [6.45, 7) is 6.78. The van der Waals surface area contributed by atoms with Gasteiger partial charge in [-0.05, 0) is 32.4 Å². The van der Waals surface area contributed by atoms with E-state index >= 15 is 0 Å². The Kier molecular flexibility index (Phi) is 3.25. The van der Waals surface area contributed by atoms with Crippen LogP contribution in [0.2, 0.25) is 0 Å². The molecule has 1 atom stereocenters. The van der Waals surface area contributed by atoms with Crippen LogP contribution in [-0.2, 0) is 0 Å². The van der Waals surface area contributed by atoms with Crippen molar-refractivity contribution in [1.82, 2.24) is 4.98 Å². The van der Waals surface area contributed by atoms with Crippen LogP contribution in [-0.4, -0.2) is 17.6 Å². The lowest BCUT2D eigenvalue weighted by Crippen LogP contribution is -2.25. The molecular formula is C10H17N3. The molecule has 1 heterocycles. The second kappa shape index (κ2) is 4.23. The number of aromatic nitrogens is 1. The van der Waals surface area contributed by atoms with Crippen molar-refractivity contribution < 1.29 is 0 Å². The van der Waals surface area contributed by atoms with E-state index in [2.05, 4.69) is 24.1 Å². The van der Waals surface area contributed by atoms with Crippen LogP contribution in [0.1, 0.15) is 18.2 Å². The van der Waals surface area contributed by atoms with Gasteiger partial charge in [0, 0.05) is 30.2 Å². The van der Waals surface area contributed by atoms with E-state index < -0.39 is 0 Å².